The molecule has 0 aromatic rings. The van der Waals surface area contributed by atoms with E-state index in [1.165, 1.54) is 31.3 Å². The zero-order valence-electron chi connectivity index (χ0n) is 12.0. The SMILES string of the molecule is C=C(/C=C\C(C)=C/C)OCC(CCC)CCC. The molecule has 0 amide bonds. The first-order valence-corrected chi connectivity index (χ1v) is 6.76. The van der Waals surface area contributed by atoms with Gasteiger partial charge >= 0.3 is 0 Å². The van der Waals surface area contributed by atoms with Gasteiger partial charge in [0.15, 0.2) is 0 Å². The van der Waals surface area contributed by atoms with E-state index in [2.05, 4.69) is 33.4 Å². The van der Waals surface area contributed by atoms with Crippen LogP contribution in [-0.2, 0) is 4.74 Å². The first kappa shape index (κ1) is 16.0. The Morgan fingerprint density at radius 1 is 1.18 bits per heavy atom. The van der Waals surface area contributed by atoms with Gasteiger partial charge in [-0.2, -0.15) is 0 Å². The maximum absolute atomic E-state index is 5.70. The molecule has 0 rings (SSSR count). The van der Waals surface area contributed by atoms with Gasteiger partial charge in [0, 0.05) is 0 Å². The van der Waals surface area contributed by atoms with Crippen LogP contribution >= 0.6 is 0 Å². The molecule has 17 heavy (non-hydrogen) atoms. The van der Waals surface area contributed by atoms with Crippen LogP contribution in [0.15, 0.2) is 36.1 Å². The zero-order valence-corrected chi connectivity index (χ0v) is 12.0. The molecule has 0 bridgehead atoms. The topological polar surface area (TPSA) is 9.23 Å². The third-order valence-electron chi connectivity index (χ3n) is 2.89. The summed E-state index contributed by atoms with van der Waals surface area (Å²) in [5.41, 5.74) is 1.23. The van der Waals surface area contributed by atoms with Crippen LogP contribution in [0.1, 0.15) is 53.4 Å². The minimum absolute atomic E-state index is 0.679. The Bertz CT molecular complexity index is 255. The molecule has 0 aliphatic rings. The second-order valence-corrected chi connectivity index (χ2v) is 4.59. The van der Waals surface area contributed by atoms with Crippen molar-refractivity contribution in [3.05, 3.63) is 36.1 Å². The summed E-state index contributed by atoms with van der Waals surface area (Å²) in [6, 6.07) is 0. The normalized spacial score (nSPS) is 12.4. The van der Waals surface area contributed by atoms with Gasteiger partial charge in [0.2, 0.25) is 0 Å². The summed E-state index contributed by atoms with van der Waals surface area (Å²) >= 11 is 0. The van der Waals surface area contributed by atoms with Gasteiger partial charge in [0.25, 0.3) is 0 Å². The number of ether oxygens (including phenoxy) is 1. The molecule has 0 aliphatic heterocycles. The lowest BCUT2D eigenvalue weighted by Crippen LogP contribution is -2.08. The average molecular weight is 236 g/mol. The summed E-state index contributed by atoms with van der Waals surface area (Å²) in [6.07, 6.45) is 11.0. The van der Waals surface area contributed by atoms with Gasteiger partial charge in [-0.05, 0) is 38.7 Å². The zero-order chi connectivity index (χ0) is 13.1. The van der Waals surface area contributed by atoms with E-state index in [9.17, 15) is 0 Å². The van der Waals surface area contributed by atoms with E-state index in [0.717, 1.165) is 12.4 Å². The van der Waals surface area contributed by atoms with E-state index in [1.54, 1.807) is 0 Å². The first-order valence-electron chi connectivity index (χ1n) is 6.76. The van der Waals surface area contributed by atoms with E-state index >= 15 is 0 Å². The first-order chi connectivity index (χ1) is 8.13. The fraction of sp³-hybridized carbons (Fsp3) is 0.625. The molecule has 0 aromatic carbocycles. The molecule has 0 unspecified atom stereocenters. The van der Waals surface area contributed by atoms with E-state index in [0.29, 0.717) is 5.92 Å². The third kappa shape index (κ3) is 8.79. The Morgan fingerprint density at radius 2 is 1.76 bits per heavy atom. The van der Waals surface area contributed by atoms with Gasteiger partial charge in [-0.1, -0.05) is 51.0 Å². The standard InChI is InChI=1S/C16H28O/c1-6-9-16(10-7-2)13-17-15(5)12-11-14(4)8-3/h8,11-12,16H,5-7,9-10,13H2,1-4H3/b12-11-,14-8-. The molecule has 0 saturated heterocycles. The number of hydrogen-bond acceptors (Lipinski definition) is 1. The van der Waals surface area contributed by atoms with Gasteiger partial charge in [-0.3, -0.25) is 0 Å². The summed E-state index contributed by atoms with van der Waals surface area (Å²) in [5, 5.41) is 0. The van der Waals surface area contributed by atoms with Crippen molar-refractivity contribution in [2.24, 2.45) is 5.92 Å². The summed E-state index contributed by atoms with van der Waals surface area (Å²) < 4.78 is 5.70. The van der Waals surface area contributed by atoms with Crippen LogP contribution in [-0.4, -0.2) is 6.61 Å². The monoisotopic (exact) mass is 236 g/mol. The number of allylic oxidation sites excluding steroid dienone is 4. The van der Waals surface area contributed by atoms with Crippen molar-refractivity contribution in [3.8, 4) is 0 Å². The quantitative estimate of drug-likeness (QED) is 0.392. The lowest BCUT2D eigenvalue weighted by molar-refractivity contribution is 0.163. The Balaban J connectivity index is 3.99. The molecule has 1 heteroatoms. The summed E-state index contributed by atoms with van der Waals surface area (Å²) in [5.74, 6) is 1.45. The van der Waals surface area contributed by atoms with Crippen molar-refractivity contribution >= 4 is 0 Å². The molecule has 1 nitrogen and oxygen atoms in total. The summed E-state index contributed by atoms with van der Waals surface area (Å²) in [4.78, 5) is 0. The average Bonchev–Trinajstić information content (AvgIpc) is 2.33. The maximum Gasteiger partial charge on any atom is 0.112 e. The lowest BCUT2D eigenvalue weighted by Gasteiger charge is -2.16. The van der Waals surface area contributed by atoms with Crippen LogP contribution in [0.5, 0.6) is 0 Å². The molecule has 0 fully saturated rings. The van der Waals surface area contributed by atoms with Crippen molar-refractivity contribution in [2.45, 2.75) is 53.4 Å². The predicted molar refractivity (Wildman–Crippen MR) is 77.0 cm³/mol. The predicted octanol–water partition coefficient (Wildman–Crippen LogP) is 5.26. The fourth-order valence-electron chi connectivity index (χ4n) is 1.72. The van der Waals surface area contributed by atoms with Crippen molar-refractivity contribution in [2.75, 3.05) is 6.61 Å². The van der Waals surface area contributed by atoms with Crippen LogP contribution < -0.4 is 0 Å². The largest absolute Gasteiger partial charge is 0.494 e. The van der Waals surface area contributed by atoms with E-state index < -0.39 is 0 Å². The van der Waals surface area contributed by atoms with E-state index in [4.69, 9.17) is 4.74 Å². The van der Waals surface area contributed by atoms with E-state index in [-0.39, 0.29) is 0 Å². The molecule has 0 spiro atoms. The van der Waals surface area contributed by atoms with Crippen molar-refractivity contribution in [1.82, 2.24) is 0 Å². The van der Waals surface area contributed by atoms with Crippen LogP contribution in [0, 0.1) is 5.92 Å². The van der Waals surface area contributed by atoms with Crippen LogP contribution in [0.3, 0.4) is 0 Å². The molecule has 0 aromatic heterocycles. The van der Waals surface area contributed by atoms with Crippen LogP contribution in [0.4, 0.5) is 0 Å². The van der Waals surface area contributed by atoms with E-state index in [1.807, 2.05) is 19.1 Å². The smallest absolute Gasteiger partial charge is 0.112 e. The molecule has 0 atom stereocenters. The van der Waals surface area contributed by atoms with Gasteiger partial charge in [0.05, 0.1) is 6.61 Å². The van der Waals surface area contributed by atoms with Crippen LogP contribution in [0.25, 0.3) is 0 Å². The molecule has 98 valence electrons. The van der Waals surface area contributed by atoms with Crippen molar-refractivity contribution in [1.29, 1.82) is 0 Å². The fourth-order valence-corrected chi connectivity index (χ4v) is 1.72. The van der Waals surface area contributed by atoms with Gasteiger partial charge in [-0.15, -0.1) is 0 Å². The Morgan fingerprint density at radius 3 is 2.24 bits per heavy atom. The molecular formula is C16H28O. The molecule has 0 saturated carbocycles. The summed E-state index contributed by atoms with van der Waals surface area (Å²) in [7, 11) is 0. The maximum atomic E-state index is 5.70. The highest BCUT2D eigenvalue weighted by atomic mass is 16.5. The highest BCUT2D eigenvalue weighted by Gasteiger charge is 2.07. The minimum Gasteiger partial charge on any atom is -0.494 e. The highest BCUT2D eigenvalue weighted by Crippen LogP contribution is 2.15. The van der Waals surface area contributed by atoms with Gasteiger partial charge < -0.3 is 4.74 Å². The lowest BCUT2D eigenvalue weighted by atomic mass is 9.99. The minimum atomic E-state index is 0.679. The number of rotatable bonds is 9. The molecule has 0 radical (unpaired) electrons. The van der Waals surface area contributed by atoms with Crippen LogP contribution in [0.2, 0.25) is 0 Å². The number of hydrogen-bond donors (Lipinski definition) is 0. The summed E-state index contributed by atoms with van der Waals surface area (Å²) in [6.45, 7) is 13.3. The highest BCUT2D eigenvalue weighted by molar-refractivity contribution is 5.21. The Labute approximate surface area is 107 Å². The van der Waals surface area contributed by atoms with Crippen molar-refractivity contribution < 1.29 is 4.74 Å². The molecule has 0 N–H and O–H groups in total. The second-order valence-electron chi connectivity index (χ2n) is 4.59. The second kappa shape index (κ2) is 10.2. The Hall–Kier alpha value is -0.980. The molecular weight excluding hydrogens is 208 g/mol. The third-order valence-corrected chi connectivity index (χ3v) is 2.89. The van der Waals surface area contributed by atoms with Gasteiger partial charge in [0.1, 0.15) is 5.76 Å². The Kier molecular flexibility index (Phi) is 9.60. The van der Waals surface area contributed by atoms with Crippen molar-refractivity contribution in [3.63, 3.8) is 0 Å². The van der Waals surface area contributed by atoms with Gasteiger partial charge in [-0.25, -0.2) is 0 Å². The molecule has 0 aliphatic carbocycles. The molecule has 0 heterocycles.